The Hall–Kier alpha value is -1.31. The second-order valence-corrected chi connectivity index (χ2v) is 5.55. The molecule has 1 aliphatic heterocycles. The van der Waals surface area contributed by atoms with Crippen molar-refractivity contribution in [3.8, 4) is 0 Å². The molecule has 0 spiro atoms. The summed E-state index contributed by atoms with van der Waals surface area (Å²) < 4.78 is 1.30. The molecule has 2 aromatic heterocycles. The first-order valence-corrected chi connectivity index (χ1v) is 6.75. The van der Waals surface area contributed by atoms with E-state index in [4.69, 9.17) is 0 Å². The van der Waals surface area contributed by atoms with Crippen LogP contribution in [0.3, 0.4) is 0 Å². The fourth-order valence-corrected chi connectivity index (χ4v) is 2.88. The SMILES string of the molecule is CCC1(O)CN(Cc2cc(=O)n3ncsc3n2)C1. The molecule has 3 heterocycles. The maximum atomic E-state index is 11.7. The first-order valence-electron chi connectivity index (χ1n) is 5.87. The predicted octanol–water partition coefficient (Wildman–Crippen LogP) is 0.108. The normalized spacial score (nSPS) is 19.0. The van der Waals surface area contributed by atoms with E-state index in [-0.39, 0.29) is 5.56 Å². The molecule has 96 valence electrons. The van der Waals surface area contributed by atoms with Crippen LogP contribution in [0.5, 0.6) is 0 Å². The summed E-state index contributed by atoms with van der Waals surface area (Å²) in [5.41, 5.74) is 1.64. The van der Waals surface area contributed by atoms with Gasteiger partial charge < -0.3 is 5.11 Å². The van der Waals surface area contributed by atoms with Gasteiger partial charge in [-0.3, -0.25) is 9.69 Å². The zero-order chi connectivity index (χ0) is 12.8. The first-order chi connectivity index (χ1) is 8.59. The molecule has 0 bridgehead atoms. The highest BCUT2D eigenvalue weighted by molar-refractivity contribution is 7.14. The van der Waals surface area contributed by atoms with Crippen molar-refractivity contribution in [1.82, 2.24) is 19.5 Å². The van der Waals surface area contributed by atoms with Gasteiger partial charge in [-0.1, -0.05) is 18.3 Å². The zero-order valence-electron chi connectivity index (χ0n) is 10.0. The number of aromatic nitrogens is 3. The van der Waals surface area contributed by atoms with Crippen molar-refractivity contribution in [2.24, 2.45) is 0 Å². The molecule has 1 saturated heterocycles. The fourth-order valence-electron chi connectivity index (χ4n) is 2.23. The Morgan fingerprint density at radius 3 is 3.06 bits per heavy atom. The smallest absolute Gasteiger partial charge is 0.275 e. The quantitative estimate of drug-likeness (QED) is 0.853. The summed E-state index contributed by atoms with van der Waals surface area (Å²) in [4.78, 5) is 18.8. The summed E-state index contributed by atoms with van der Waals surface area (Å²) >= 11 is 1.35. The summed E-state index contributed by atoms with van der Waals surface area (Å²) in [6.07, 6.45) is 0.757. The molecule has 18 heavy (non-hydrogen) atoms. The van der Waals surface area contributed by atoms with Crippen molar-refractivity contribution >= 4 is 16.3 Å². The maximum Gasteiger partial charge on any atom is 0.275 e. The molecule has 0 radical (unpaired) electrons. The van der Waals surface area contributed by atoms with Gasteiger partial charge in [0.1, 0.15) is 5.51 Å². The molecule has 0 amide bonds. The highest BCUT2D eigenvalue weighted by atomic mass is 32.1. The van der Waals surface area contributed by atoms with Gasteiger partial charge in [-0.25, -0.2) is 4.98 Å². The van der Waals surface area contributed by atoms with Gasteiger partial charge in [-0.15, -0.1) is 0 Å². The van der Waals surface area contributed by atoms with E-state index in [1.54, 1.807) is 5.51 Å². The number of likely N-dealkylation sites (tertiary alicyclic amines) is 1. The molecule has 0 unspecified atom stereocenters. The molecule has 2 aromatic rings. The van der Waals surface area contributed by atoms with Gasteiger partial charge >= 0.3 is 0 Å². The number of aliphatic hydroxyl groups is 1. The Morgan fingerprint density at radius 1 is 1.56 bits per heavy atom. The van der Waals surface area contributed by atoms with Crippen LogP contribution < -0.4 is 5.56 Å². The third-order valence-electron chi connectivity index (χ3n) is 3.32. The molecule has 1 N–H and O–H groups in total. The Labute approximate surface area is 108 Å². The Bertz CT molecular complexity index is 629. The van der Waals surface area contributed by atoms with Crippen LogP contribution in [0.1, 0.15) is 19.0 Å². The number of hydrogen-bond donors (Lipinski definition) is 1. The Balaban J connectivity index is 1.78. The van der Waals surface area contributed by atoms with E-state index in [1.165, 1.54) is 21.9 Å². The molecule has 0 aromatic carbocycles. The molecule has 0 atom stereocenters. The molecule has 1 aliphatic rings. The molecule has 7 heteroatoms. The largest absolute Gasteiger partial charge is 0.387 e. The van der Waals surface area contributed by atoms with Gasteiger partial charge in [-0.2, -0.15) is 9.61 Å². The van der Waals surface area contributed by atoms with Crippen molar-refractivity contribution in [3.05, 3.63) is 27.6 Å². The average Bonchev–Trinajstić information content (AvgIpc) is 2.75. The van der Waals surface area contributed by atoms with Gasteiger partial charge in [0.05, 0.1) is 11.3 Å². The summed E-state index contributed by atoms with van der Waals surface area (Å²) in [5, 5.41) is 13.8. The topological polar surface area (TPSA) is 70.7 Å². The van der Waals surface area contributed by atoms with Gasteiger partial charge in [0.15, 0.2) is 0 Å². The van der Waals surface area contributed by atoms with Crippen LogP contribution in [0.25, 0.3) is 4.96 Å². The van der Waals surface area contributed by atoms with E-state index in [2.05, 4.69) is 15.0 Å². The monoisotopic (exact) mass is 266 g/mol. The van der Waals surface area contributed by atoms with E-state index in [1.807, 2.05) is 6.92 Å². The number of β-amino-alcohol motifs (C(OH)–C–C–N with tert-alkyl or cyclic N) is 1. The second kappa shape index (κ2) is 4.11. The molecule has 0 aliphatic carbocycles. The lowest BCUT2D eigenvalue weighted by molar-refractivity contribution is -0.103. The molecular weight excluding hydrogens is 252 g/mol. The Morgan fingerprint density at radius 2 is 2.33 bits per heavy atom. The van der Waals surface area contributed by atoms with Crippen molar-refractivity contribution in [2.45, 2.75) is 25.5 Å². The number of fused-ring (bicyclic) bond motifs is 1. The third-order valence-corrected chi connectivity index (χ3v) is 3.99. The minimum Gasteiger partial charge on any atom is -0.387 e. The van der Waals surface area contributed by atoms with Gasteiger partial charge in [0, 0.05) is 25.7 Å². The van der Waals surface area contributed by atoms with Crippen molar-refractivity contribution in [3.63, 3.8) is 0 Å². The Kier molecular flexibility index (Phi) is 2.69. The summed E-state index contributed by atoms with van der Waals surface area (Å²) in [7, 11) is 0. The van der Waals surface area contributed by atoms with Crippen LogP contribution in [0, 0.1) is 0 Å². The fraction of sp³-hybridized carbons (Fsp3) is 0.545. The van der Waals surface area contributed by atoms with Crippen molar-refractivity contribution in [1.29, 1.82) is 0 Å². The molecule has 6 nitrogen and oxygen atoms in total. The van der Waals surface area contributed by atoms with Gasteiger partial charge in [0.2, 0.25) is 4.96 Å². The van der Waals surface area contributed by atoms with Crippen molar-refractivity contribution < 1.29 is 5.11 Å². The molecular formula is C11H14N4O2S. The lowest BCUT2D eigenvalue weighted by Gasteiger charge is -2.46. The van der Waals surface area contributed by atoms with Crippen LogP contribution in [-0.2, 0) is 6.54 Å². The number of hydrogen-bond acceptors (Lipinski definition) is 6. The minimum atomic E-state index is -0.552. The third kappa shape index (κ3) is 1.94. The van der Waals surface area contributed by atoms with E-state index in [0.29, 0.717) is 24.6 Å². The average molecular weight is 266 g/mol. The van der Waals surface area contributed by atoms with Crippen LogP contribution >= 0.6 is 11.3 Å². The predicted molar refractivity (Wildman–Crippen MR) is 67.7 cm³/mol. The minimum absolute atomic E-state index is 0.150. The van der Waals surface area contributed by atoms with Crippen molar-refractivity contribution in [2.75, 3.05) is 13.1 Å². The summed E-state index contributed by atoms with van der Waals surface area (Å²) in [5.74, 6) is 0. The molecule has 0 saturated carbocycles. The van der Waals surface area contributed by atoms with E-state index < -0.39 is 5.60 Å². The second-order valence-electron chi connectivity index (χ2n) is 4.74. The van der Waals surface area contributed by atoms with E-state index >= 15 is 0 Å². The summed E-state index contributed by atoms with van der Waals surface area (Å²) in [6, 6.07) is 1.51. The highest BCUT2D eigenvalue weighted by Crippen LogP contribution is 2.25. The maximum absolute atomic E-state index is 11.7. The van der Waals surface area contributed by atoms with Crippen LogP contribution in [0.2, 0.25) is 0 Å². The standard InChI is InChI=1S/C11H14N4O2S/c1-2-11(17)5-14(6-11)4-8-3-9(16)15-10(13-8)18-7-12-15/h3,7,17H,2,4-6H2,1H3. The lowest BCUT2D eigenvalue weighted by Crippen LogP contribution is -2.60. The van der Waals surface area contributed by atoms with Crippen LogP contribution in [0.4, 0.5) is 0 Å². The van der Waals surface area contributed by atoms with E-state index in [0.717, 1.165) is 12.1 Å². The summed E-state index contributed by atoms with van der Waals surface area (Å²) in [6.45, 7) is 3.87. The lowest BCUT2D eigenvalue weighted by atomic mass is 9.91. The zero-order valence-corrected chi connectivity index (χ0v) is 10.9. The highest BCUT2D eigenvalue weighted by Gasteiger charge is 2.39. The van der Waals surface area contributed by atoms with Crippen LogP contribution in [-0.4, -0.2) is 43.3 Å². The number of nitrogens with zero attached hydrogens (tertiary/aromatic N) is 4. The van der Waals surface area contributed by atoms with Gasteiger partial charge in [0.25, 0.3) is 5.56 Å². The van der Waals surface area contributed by atoms with Crippen LogP contribution in [0.15, 0.2) is 16.4 Å². The molecule has 1 fully saturated rings. The number of rotatable bonds is 3. The van der Waals surface area contributed by atoms with Gasteiger partial charge in [-0.05, 0) is 6.42 Å². The molecule has 3 rings (SSSR count). The first kappa shape index (κ1) is 11.8. The van der Waals surface area contributed by atoms with E-state index in [9.17, 15) is 9.90 Å².